The number of amides is 1. The summed E-state index contributed by atoms with van der Waals surface area (Å²) in [6, 6.07) is 12.2. The van der Waals surface area contributed by atoms with Crippen LogP contribution in [0.4, 0.5) is 0 Å². The van der Waals surface area contributed by atoms with Gasteiger partial charge in [0, 0.05) is 35.7 Å². The molecule has 5 nitrogen and oxygen atoms in total. The van der Waals surface area contributed by atoms with Gasteiger partial charge in [-0.2, -0.15) is 0 Å². The highest BCUT2D eigenvalue weighted by Gasteiger charge is 2.12. The monoisotopic (exact) mass is 388 g/mol. The van der Waals surface area contributed by atoms with Gasteiger partial charge in [0.15, 0.2) is 0 Å². The Morgan fingerprint density at radius 1 is 1.19 bits per heavy atom. The van der Waals surface area contributed by atoms with Gasteiger partial charge < -0.3 is 15.5 Å². The molecule has 6 heteroatoms. The fourth-order valence-corrected chi connectivity index (χ4v) is 3.90. The lowest BCUT2D eigenvalue weighted by molar-refractivity contribution is 0.0951. The van der Waals surface area contributed by atoms with E-state index in [4.69, 9.17) is 0 Å². The minimum atomic E-state index is -0.167. The summed E-state index contributed by atoms with van der Waals surface area (Å²) >= 11 is 1.62. The van der Waals surface area contributed by atoms with Crippen molar-refractivity contribution in [2.45, 2.75) is 32.1 Å². The Morgan fingerprint density at radius 2 is 1.93 bits per heavy atom. The number of nitrogens with zero attached hydrogens (tertiary/aromatic N) is 1. The van der Waals surface area contributed by atoms with E-state index in [1.165, 1.54) is 0 Å². The van der Waals surface area contributed by atoms with Crippen LogP contribution in [0.1, 0.15) is 36.2 Å². The molecule has 0 bridgehead atoms. The van der Waals surface area contributed by atoms with Crippen LogP contribution in [-0.4, -0.2) is 40.1 Å². The van der Waals surface area contributed by atoms with Crippen LogP contribution in [0.2, 0.25) is 0 Å². The molecule has 2 aromatic rings. The third-order valence-corrected chi connectivity index (χ3v) is 5.10. The Hall–Kier alpha value is -2.18. The number of hydrogen-bond donors (Lipinski definition) is 3. The molecular formula is C21H28N2O3S. The average molecular weight is 389 g/mol. The van der Waals surface area contributed by atoms with Crippen LogP contribution in [0, 0.1) is 12.8 Å². The third kappa shape index (κ3) is 6.81. The zero-order chi connectivity index (χ0) is 19.8. The Morgan fingerprint density at radius 3 is 2.63 bits per heavy atom. The lowest BCUT2D eigenvalue weighted by Gasteiger charge is -2.23. The minimum Gasteiger partial charge on any atom is -0.508 e. The van der Waals surface area contributed by atoms with Gasteiger partial charge in [-0.15, -0.1) is 0 Å². The molecule has 0 aliphatic carbocycles. The maximum atomic E-state index is 12.3. The molecule has 0 atom stereocenters. The molecule has 0 fully saturated rings. The van der Waals surface area contributed by atoms with Crippen LogP contribution >= 0.6 is 11.9 Å². The van der Waals surface area contributed by atoms with E-state index in [0.717, 1.165) is 24.4 Å². The first kappa shape index (κ1) is 21.1. The summed E-state index contributed by atoms with van der Waals surface area (Å²) in [5.74, 6) is 0.741. The second-order valence-electron chi connectivity index (χ2n) is 6.93. The summed E-state index contributed by atoms with van der Waals surface area (Å²) in [6.45, 7) is 8.37. The zero-order valence-electron chi connectivity index (χ0n) is 16.1. The zero-order valence-corrected chi connectivity index (χ0v) is 16.9. The van der Waals surface area contributed by atoms with E-state index in [2.05, 4.69) is 23.5 Å². The van der Waals surface area contributed by atoms with Gasteiger partial charge in [-0.05, 0) is 61.5 Å². The van der Waals surface area contributed by atoms with Crippen LogP contribution in [0.15, 0.2) is 47.4 Å². The molecule has 0 aromatic heterocycles. The molecule has 1 amide bonds. The maximum Gasteiger partial charge on any atom is 0.251 e. The van der Waals surface area contributed by atoms with Crippen molar-refractivity contribution < 1.29 is 15.0 Å². The number of phenols is 2. The van der Waals surface area contributed by atoms with Crippen LogP contribution in [0.25, 0.3) is 0 Å². The lowest BCUT2D eigenvalue weighted by Crippen LogP contribution is -2.29. The van der Waals surface area contributed by atoms with Crippen LogP contribution in [-0.2, 0) is 0 Å². The van der Waals surface area contributed by atoms with Gasteiger partial charge in [-0.3, -0.25) is 4.79 Å². The topological polar surface area (TPSA) is 72.8 Å². The lowest BCUT2D eigenvalue weighted by atomic mass is 10.1. The summed E-state index contributed by atoms with van der Waals surface area (Å²) in [5, 5.41) is 22.3. The number of benzene rings is 2. The average Bonchev–Trinajstić information content (AvgIpc) is 2.60. The molecule has 2 rings (SSSR count). The molecule has 27 heavy (non-hydrogen) atoms. The Bertz CT molecular complexity index is 765. The molecule has 0 saturated carbocycles. The van der Waals surface area contributed by atoms with E-state index < -0.39 is 0 Å². The van der Waals surface area contributed by atoms with Gasteiger partial charge in [-0.25, -0.2) is 4.31 Å². The summed E-state index contributed by atoms with van der Waals surface area (Å²) in [6.07, 6.45) is 0.808. The number of phenolic OH excluding ortho intramolecular Hbond substituents is 2. The van der Waals surface area contributed by atoms with Crippen LogP contribution in [0.5, 0.6) is 11.5 Å². The van der Waals surface area contributed by atoms with E-state index in [1.54, 1.807) is 49.2 Å². The Kier molecular flexibility index (Phi) is 8.00. The second kappa shape index (κ2) is 10.2. The normalized spacial score (nSPS) is 11.1. The first-order valence-electron chi connectivity index (χ1n) is 9.15. The van der Waals surface area contributed by atoms with Crippen molar-refractivity contribution in [1.29, 1.82) is 0 Å². The van der Waals surface area contributed by atoms with Crippen molar-refractivity contribution in [2.24, 2.45) is 5.92 Å². The Balaban J connectivity index is 1.86. The summed E-state index contributed by atoms with van der Waals surface area (Å²) in [4.78, 5) is 13.3. The number of hydrogen-bond acceptors (Lipinski definition) is 5. The van der Waals surface area contributed by atoms with Crippen molar-refractivity contribution in [3.05, 3.63) is 53.6 Å². The molecule has 0 aliphatic heterocycles. The van der Waals surface area contributed by atoms with E-state index in [0.29, 0.717) is 23.6 Å². The van der Waals surface area contributed by atoms with Crippen molar-refractivity contribution in [1.82, 2.24) is 9.62 Å². The molecule has 3 N–H and O–H groups in total. The molecule has 0 heterocycles. The predicted octanol–water partition coefficient (Wildman–Crippen LogP) is 4.19. The van der Waals surface area contributed by atoms with Crippen molar-refractivity contribution in [2.75, 3.05) is 19.6 Å². The van der Waals surface area contributed by atoms with Gasteiger partial charge in [0.05, 0.1) is 0 Å². The van der Waals surface area contributed by atoms with Crippen molar-refractivity contribution in [3.8, 4) is 11.5 Å². The smallest absolute Gasteiger partial charge is 0.251 e. The highest BCUT2D eigenvalue weighted by Crippen LogP contribution is 2.26. The van der Waals surface area contributed by atoms with Gasteiger partial charge in [-0.1, -0.05) is 26.0 Å². The van der Waals surface area contributed by atoms with Crippen molar-refractivity contribution >= 4 is 17.9 Å². The summed E-state index contributed by atoms with van der Waals surface area (Å²) in [7, 11) is 0. The molecule has 0 aliphatic rings. The molecule has 0 radical (unpaired) electrons. The van der Waals surface area contributed by atoms with Gasteiger partial charge >= 0.3 is 0 Å². The fourth-order valence-electron chi connectivity index (χ4n) is 2.69. The number of nitrogens with one attached hydrogen (secondary N) is 1. The predicted molar refractivity (Wildman–Crippen MR) is 110 cm³/mol. The number of carbonyl (C=O) groups excluding carboxylic acids is 1. The molecule has 0 spiro atoms. The van der Waals surface area contributed by atoms with Gasteiger partial charge in [0.25, 0.3) is 5.91 Å². The quantitative estimate of drug-likeness (QED) is 0.444. The SMILES string of the molecule is Cc1c(O)cccc1C(=O)NCCCN(CC(C)C)Sc1cccc(O)c1. The highest BCUT2D eigenvalue weighted by atomic mass is 32.2. The molecule has 146 valence electrons. The molecule has 0 unspecified atom stereocenters. The maximum absolute atomic E-state index is 12.3. The molecule has 0 saturated heterocycles. The van der Waals surface area contributed by atoms with Crippen LogP contribution in [0.3, 0.4) is 0 Å². The molecular weight excluding hydrogens is 360 g/mol. The largest absolute Gasteiger partial charge is 0.508 e. The van der Waals surface area contributed by atoms with Gasteiger partial charge in [0.2, 0.25) is 0 Å². The molecule has 2 aromatic carbocycles. The van der Waals surface area contributed by atoms with Gasteiger partial charge in [0.1, 0.15) is 11.5 Å². The third-order valence-electron chi connectivity index (χ3n) is 4.04. The van der Waals surface area contributed by atoms with E-state index in [1.807, 2.05) is 12.1 Å². The second-order valence-corrected chi connectivity index (χ2v) is 8.10. The standard InChI is InChI=1S/C21H28N2O3S/c1-15(2)14-23(27-18-8-4-7-17(24)13-18)12-6-11-22-21(26)19-9-5-10-20(25)16(19)3/h4-5,7-10,13,15,24-25H,6,11-12,14H2,1-3H3,(H,22,26). The number of carbonyl (C=O) groups is 1. The van der Waals surface area contributed by atoms with Crippen LogP contribution < -0.4 is 5.32 Å². The summed E-state index contributed by atoms with van der Waals surface area (Å²) in [5.41, 5.74) is 1.10. The Labute approximate surface area is 165 Å². The van der Waals surface area contributed by atoms with E-state index in [-0.39, 0.29) is 17.4 Å². The van der Waals surface area contributed by atoms with E-state index >= 15 is 0 Å². The highest BCUT2D eigenvalue weighted by molar-refractivity contribution is 7.97. The van der Waals surface area contributed by atoms with E-state index in [9.17, 15) is 15.0 Å². The number of rotatable bonds is 9. The van der Waals surface area contributed by atoms with Crippen molar-refractivity contribution in [3.63, 3.8) is 0 Å². The number of aromatic hydroxyl groups is 2. The first-order chi connectivity index (χ1) is 12.9. The first-order valence-corrected chi connectivity index (χ1v) is 9.93. The summed E-state index contributed by atoms with van der Waals surface area (Å²) < 4.78 is 2.26. The minimum absolute atomic E-state index is 0.133. The fraction of sp³-hybridized carbons (Fsp3) is 0.381.